The van der Waals surface area contributed by atoms with E-state index in [9.17, 15) is 15.0 Å². The highest BCUT2D eigenvalue weighted by atomic mass is 35.5. The van der Waals surface area contributed by atoms with Crippen LogP contribution in [0.2, 0.25) is 20.1 Å². The lowest BCUT2D eigenvalue weighted by molar-refractivity contribution is 0.453. The number of rotatable bonds is 3. The topological polar surface area (TPSA) is 95.1 Å². The largest absolute Gasteiger partial charge is 0.505 e. The van der Waals surface area contributed by atoms with Crippen LogP contribution in [0.1, 0.15) is 5.56 Å². The van der Waals surface area contributed by atoms with Gasteiger partial charge in [-0.2, -0.15) is 5.10 Å². The molecule has 4 aromatic rings. The van der Waals surface area contributed by atoms with E-state index in [1.54, 1.807) is 30.3 Å². The molecule has 10 heteroatoms. The van der Waals surface area contributed by atoms with Crippen LogP contribution in [0.5, 0.6) is 11.5 Å². The third kappa shape index (κ3) is 3.42. The molecular weight excluding hydrogens is 474 g/mol. The molecule has 0 radical (unpaired) electrons. The Labute approximate surface area is 188 Å². The third-order valence-electron chi connectivity index (χ3n) is 4.33. The first kappa shape index (κ1) is 20.6. The van der Waals surface area contributed by atoms with Gasteiger partial charge in [0.25, 0.3) is 0 Å². The predicted octanol–water partition coefficient (Wildman–Crippen LogP) is 6.42. The van der Waals surface area contributed by atoms with Crippen molar-refractivity contribution in [1.29, 1.82) is 0 Å². The van der Waals surface area contributed by atoms with Crippen LogP contribution in [-0.2, 0) is 0 Å². The van der Waals surface area contributed by atoms with Crippen molar-refractivity contribution >= 4 is 80.2 Å². The Kier molecular flexibility index (Phi) is 5.42. The van der Waals surface area contributed by atoms with Crippen LogP contribution in [0, 0.1) is 0 Å². The molecule has 3 aromatic carbocycles. The quantitative estimate of drug-likeness (QED) is 0.177. The summed E-state index contributed by atoms with van der Waals surface area (Å²) in [6.45, 7) is 0. The number of fused-ring (bicyclic) bond motifs is 2. The zero-order valence-corrected chi connectivity index (χ0v) is 17.7. The van der Waals surface area contributed by atoms with Gasteiger partial charge in [0.1, 0.15) is 21.0 Å². The fourth-order valence-electron chi connectivity index (χ4n) is 2.89. The van der Waals surface area contributed by atoms with Crippen molar-refractivity contribution < 1.29 is 14.6 Å². The first-order chi connectivity index (χ1) is 14.3. The van der Waals surface area contributed by atoms with Crippen molar-refractivity contribution in [3.05, 3.63) is 72.3 Å². The maximum Gasteiger partial charge on any atom is 0.204 e. The molecule has 1 aromatic heterocycles. The molecule has 0 saturated carbocycles. The number of hydrogen-bond acceptors (Lipinski definition) is 6. The summed E-state index contributed by atoms with van der Waals surface area (Å²) in [5.41, 5.74) is 3.15. The highest BCUT2D eigenvalue weighted by molar-refractivity contribution is 6.42. The Morgan fingerprint density at radius 2 is 1.73 bits per heavy atom. The maximum atomic E-state index is 12.9. The minimum Gasteiger partial charge on any atom is -0.505 e. The summed E-state index contributed by atoms with van der Waals surface area (Å²) in [5, 5.41) is 24.4. The number of hydrogen-bond donors (Lipinski definition) is 3. The molecule has 30 heavy (non-hydrogen) atoms. The summed E-state index contributed by atoms with van der Waals surface area (Å²) in [4.78, 5) is 12.9. The molecule has 4 rings (SSSR count). The van der Waals surface area contributed by atoms with Crippen molar-refractivity contribution in [1.82, 2.24) is 0 Å². The van der Waals surface area contributed by atoms with Gasteiger partial charge in [0.2, 0.25) is 5.43 Å². The van der Waals surface area contributed by atoms with Gasteiger partial charge in [-0.1, -0.05) is 52.5 Å². The number of nitrogens with one attached hydrogen (secondary N) is 1. The summed E-state index contributed by atoms with van der Waals surface area (Å²) in [6, 6.07) is 9.69. The normalized spacial score (nSPS) is 11.6. The second-order valence-corrected chi connectivity index (χ2v) is 7.78. The van der Waals surface area contributed by atoms with Gasteiger partial charge in [0, 0.05) is 10.6 Å². The second-order valence-electron chi connectivity index (χ2n) is 6.18. The number of phenols is 2. The predicted molar refractivity (Wildman–Crippen MR) is 121 cm³/mol. The molecular formula is C20H10Cl4N2O4. The molecule has 1 heterocycles. The van der Waals surface area contributed by atoms with Crippen LogP contribution < -0.4 is 10.9 Å². The molecule has 0 fully saturated rings. The summed E-state index contributed by atoms with van der Waals surface area (Å²) in [6.07, 6.45) is 1.42. The molecule has 0 aliphatic rings. The molecule has 0 aliphatic heterocycles. The van der Waals surface area contributed by atoms with Crippen LogP contribution in [-0.4, -0.2) is 16.4 Å². The summed E-state index contributed by atoms with van der Waals surface area (Å²) >= 11 is 23.9. The molecule has 0 amide bonds. The Bertz CT molecular complexity index is 1420. The van der Waals surface area contributed by atoms with Gasteiger partial charge in [-0.25, -0.2) is 0 Å². The minimum absolute atomic E-state index is 0.158. The Morgan fingerprint density at radius 3 is 2.47 bits per heavy atom. The molecule has 0 atom stereocenters. The fraction of sp³-hybridized carbons (Fsp3) is 0. The zero-order valence-electron chi connectivity index (χ0n) is 14.7. The zero-order chi connectivity index (χ0) is 21.6. The van der Waals surface area contributed by atoms with E-state index >= 15 is 0 Å². The molecule has 0 saturated heterocycles. The number of phenolic OH excluding ortho intramolecular Hbond substituents is 2. The van der Waals surface area contributed by atoms with E-state index < -0.39 is 22.0 Å². The summed E-state index contributed by atoms with van der Waals surface area (Å²) in [5.74, 6) is -1.20. The van der Waals surface area contributed by atoms with E-state index in [0.717, 1.165) is 0 Å². The van der Waals surface area contributed by atoms with E-state index in [4.69, 9.17) is 50.8 Å². The number of aromatic hydroxyl groups is 2. The van der Waals surface area contributed by atoms with Gasteiger partial charge in [-0.3, -0.25) is 10.2 Å². The Hall–Kier alpha value is -2.64. The third-order valence-corrected chi connectivity index (χ3v) is 5.58. The molecule has 152 valence electrons. The highest BCUT2D eigenvalue weighted by Gasteiger charge is 2.22. The first-order valence-electron chi connectivity index (χ1n) is 8.32. The average Bonchev–Trinajstić information content (AvgIpc) is 2.72. The van der Waals surface area contributed by atoms with Crippen LogP contribution >= 0.6 is 46.4 Å². The van der Waals surface area contributed by atoms with E-state index in [0.29, 0.717) is 21.3 Å². The number of hydrazone groups is 1. The minimum atomic E-state index is -0.609. The lowest BCUT2D eigenvalue weighted by atomic mass is 10.1. The Balaban J connectivity index is 1.86. The lowest BCUT2D eigenvalue weighted by Gasteiger charge is -2.09. The lowest BCUT2D eigenvalue weighted by Crippen LogP contribution is -2.04. The highest BCUT2D eigenvalue weighted by Crippen LogP contribution is 2.45. The first-order valence-corrected chi connectivity index (χ1v) is 9.83. The second kappa shape index (κ2) is 7.89. The molecule has 0 bridgehead atoms. The SMILES string of the molecule is O=c1c2cccc(/C=N/Nc3ccc(Cl)cc3Cl)c2oc2c(Cl)c(O)c(Cl)c(O)c12. The van der Waals surface area contributed by atoms with Gasteiger partial charge in [-0.05, 0) is 30.3 Å². The number of benzene rings is 3. The van der Waals surface area contributed by atoms with Crippen molar-refractivity contribution in [3.63, 3.8) is 0 Å². The number of anilines is 1. The molecule has 0 unspecified atom stereocenters. The van der Waals surface area contributed by atoms with E-state index in [1.807, 2.05) is 0 Å². The van der Waals surface area contributed by atoms with E-state index in [2.05, 4.69) is 10.5 Å². The standard InChI is InChI=1S/C20H10Cl4N2O4/c21-9-4-5-12(11(22)6-9)26-25-7-8-2-1-3-10-16(27)13-17(28)14(23)18(29)15(24)20(13)30-19(8)10/h1-7,26,28-29H/b25-7+. The van der Waals surface area contributed by atoms with Crippen molar-refractivity contribution in [2.24, 2.45) is 5.10 Å². The number of para-hydroxylation sites is 1. The smallest absolute Gasteiger partial charge is 0.204 e. The number of nitrogens with zero attached hydrogens (tertiary/aromatic N) is 1. The van der Waals surface area contributed by atoms with Crippen molar-refractivity contribution in [2.45, 2.75) is 0 Å². The van der Waals surface area contributed by atoms with Gasteiger partial charge in [0.05, 0.1) is 22.3 Å². The van der Waals surface area contributed by atoms with Gasteiger partial charge in [-0.15, -0.1) is 0 Å². The Morgan fingerprint density at radius 1 is 0.967 bits per heavy atom. The molecule has 0 spiro atoms. The summed E-state index contributed by atoms with van der Waals surface area (Å²) in [7, 11) is 0. The number of halogens is 4. The molecule has 3 N–H and O–H groups in total. The van der Waals surface area contributed by atoms with Gasteiger partial charge in [0.15, 0.2) is 17.1 Å². The molecule has 0 aliphatic carbocycles. The van der Waals surface area contributed by atoms with E-state index in [-0.39, 0.29) is 27.0 Å². The van der Waals surface area contributed by atoms with E-state index in [1.165, 1.54) is 12.3 Å². The monoisotopic (exact) mass is 482 g/mol. The maximum absolute atomic E-state index is 12.9. The van der Waals surface area contributed by atoms with Crippen LogP contribution in [0.4, 0.5) is 5.69 Å². The summed E-state index contributed by atoms with van der Waals surface area (Å²) < 4.78 is 5.77. The van der Waals surface area contributed by atoms with Gasteiger partial charge < -0.3 is 14.6 Å². The fourth-order valence-corrected chi connectivity index (χ4v) is 3.80. The van der Waals surface area contributed by atoms with Crippen molar-refractivity contribution in [2.75, 3.05) is 5.43 Å². The van der Waals surface area contributed by atoms with Crippen molar-refractivity contribution in [3.8, 4) is 11.5 Å². The molecule has 6 nitrogen and oxygen atoms in total. The van der Waals surface area contributed by atoms with Gasteiger partial charge >= 0.3 is 0 Å². The van der Waals surface area contributed by atoms with Crippen LogP contribution in [0.15, 0.2) is 50.7 Å². The van der Waals surface area contributed by atoms with Crippen LogP contribution in [0.25, 0.3) is 21.9 Å². The average molecular weight is 484 g/mol. The van der Waals surface area contributed by atoms with Crippen LogP contribution in [0.3, 0.4) is 0 Å².